The van der Waals surface area contributed by atoms with Crippen LogP contribution in [0.1, 0.15) is 18.9 Å². The summed E-state index contributed by atoms with van der Waals surface area (Å²) >= 11 is 0. The van der Waals surface area contributed by atoms with Crippen LogP contribution in [0.2, 0.25) is 0 Å². The van der Waals surface area contributed by atoms with E-state index in [4.69, 9.17) is 9.47 Å². The van der Waals surface area contributed by atoms with Crippen LogP contribution in [0.3, 0.4) is 0 Å². The fraction of sp³-hybridized carbons (Fsp3) is 0.625. The Bertz CT molecular complexity index is 442. The van der Waals surface area contributed by atoms with Gasteiger partial charge in [0.15, 0.2) is 0 Å². The largest absolute Gasteiger partial charge is 0.490 e. The topological polar surface area (TPSA) is 33.7 Å². The molecule has 1 aliphatic heterocycles. The summed E-state index contributed by atoms with van der Waals surface area (Å²) < 4.78 is 24.9. The third-order valence-corrected chi connectivity index (χ3v) is 3.53. The first-order valence-corrected chi connectivity index (χ1v) is 7.61. The Morgan fingerprint density at radius 2 is 2.33 bits per heavy atom. The number of likely N-dealkylation sites (N-methyl/N-ethyl adjacent to an activating group) is 1. The summed E-state index contributed by atoms with van der Waals surface area (Å²) in [6, 6.07) is 4.67. The molecule has 1 fully saturated rings. The normalized spacial score (nSPS) is 19.7. The molecular formula is C16H25FN2O2. The quantitative estimate of drug-likeness (QED) is 0.781. The molecule has 1 unspecified atom stereocenters. The van der Waals surface area contributed by atoms with Gasteiger partial charge in [0.05, 0.1) is 6.61 Å². The summed E-state index contributed by atoms with van der Waals surface area (Å²) in [6.07, 6.45) is 1.12. The van der Waals surface area contributed by atoms with E-state index in [0.29, 0.717) is 13.2 Å². The van der Waals surface area contributed by atoms with E-state index in [9.17, 15) is 4.39 Å². The van der Waals surface area contributed by atoms with E-state index in [-0.39, 0.29) is 11.9 Å². The molecule has 2 rings (SSSR count). The molecule has 0 bridgehead atoms. The maximum absolute atomic E-state index is 13.4. The molecule has 1 aromatic carbocycles. The van der Waals surface area contributed by atoms with E-state index in [0.717, 1.165) is 44.0 Å². The van der Waals surface area contributed by atoms with Gasteiger partial charge in [-0.1, -0.05) is 6.92 Å². The van der Waals surface area contributed by atoms with Gasteiger partial charge in [0.25, 0.3) is 0 Å². The zero-order chi connectivity index (χ0) is 15.1. The average Bonchev–Trinajstić information content (AvgIpc) is 2.47. The number of nitrogens with zero attached hydrogens (tertiary/aromatic N) is 1. The van der Waals surface area contributed by atoms with Crippen molar-refractivity contribution in [2.45, 2.75) is 26.0 Å². The smallest absolute Gasteiger partial charge is 0.124 e. The summed E-state index contributed by atoms with van der Waals surface area (Å²) in [4.78, 5) is 2.23. The highest BCUT2D eigenvalue weighted by Crippen LogP contribution is 2.20. The van der Waals surface area contributed by atoms with Crippen molar-refractivity contribution >= 4 is 0 Å². The van der Waals surface area contributed by atoms with Crippen LogP contribution in [0.4, 0.5) is 4.39 Å². The lowest BCUT2D eigenvalue weighted by Gasteiger charge is -2.30. The highest BCUT2D eigenvalue weighted by atomic mass is 19.1. The van der Waals surface area contributed by atoms with Crippen LogP contribution in [0.5, 0.6) is 5.75 Å². The minimum Gasteiger partial charge on any atom is -0.490 e. The van der Waals surface area contributed by atoms with Crippen molar-refractivity contribution in [3.05, 3.63) is 29.6 Å². The Labute approximate surface area is 126 Å². The Balaban J connectivity index is 1.91. The molecule has 118 valence electrons. The Kier molecular flexibility index (Phi) is 6.42. The van der Waals surface area contributed by atoms with Crippen LogP contribution in [0.15, 0.2) is 18.2 Å². The zero-order valence-electron chi connectivity index (χ0n) is 12.9. The molecule has 1 heterocycles. The van der Waals surface area contributed by atoms with E-state index in [1.165, 1.54) is 12.1 Å². The van der Waals surface area contributed by atoms with Gasteiger partial charge in [-0.3, -0.25) is 0 Å². The van der Waals surface area contributed by atoms with Gasteiger partial charge >= 0.3 is 0 Å². The van der Waals surface area contributed by atoms with E-state index >= 15 is 0 Å². The van der Waals surface area contributed by atoms with Crippen LogP contribution in [0, 0.1) is 5.82 Å². The molecule has 0 radical (unpaired) electrons. The van der Waals surface area contributed by atoms with Crippen molar-refractivity contribution in [3.63, 3.8) is 0 Å². The second kappa shape index (κ2) is 8.32. The maximum atomic E-state index is 13.4. The fourth-order valence-electron chi connectivity index (χ4n) is 2.38. The maximum Gasteiger partial charge on any atom is 0.124 e. The lowest BCUT2D eigenvalue weighted by Crippen LogP contribution is -2.42. The van der Waals surface area contributed by atoms with Gasteiger partial charge in [-0.05, 0) is 38.2 Å². The number of halogens is 1. The molecule has 0 spiro atoms. The Morgan fingerprint density at radius 3 is 3.10 bits per heavy atom. The van der Waals surface area contributed by atoms with Gasteiger partial charge in [-0.25, -0.2) is 4.39 Å². The highest BCUT2D eigenvalue weighted by Gasteiger charge is 2.18. The fourth-order valence-corrected chi connectivity index (χ4v) is 2.38. The van der Waals surface area contributed by atoms with Gasteiger partial charge in [0, 0.05) is 25.2 Å². The molecule has 1 aromatic rings. The number of hydrogen-bond acceptors (Lipinski definition) is 4. The Morgan fingerprint density at radius 1 is 1.48 bits per heavy atom. The average molecular weight is 296 g/mol. The van der Waals surface area contributed by atoms with Gasteiger partial charge in [-0.15, -0.1) is 0 Å². The predicted molar refractivity (Wildman–Crippen MR) is 81.1 cm³/mol. The summed E-state index contributed by atoms with van der Waals surface area (Å²) in [6.45, 7) is 6.69. The molecule has 1 atom stereocenters. The first-order valence-electron chi connectivity index (χ1n) is 7.61. The van der Waals surface area contributed by atoms with Gasteiger partial charge in [0.1, 0.15) is 24.3 Å². The van der Waals surface area contributed by atoms with E-state index in [1.807, 2.05) is 0 Å². The molecule has 1 aliphatic rings. The molecule has 1 N–H and O–H groups in total. The van der Waals surface area contributed by atoms with Crippen LogP contribution >= 0.6 is 0 Å². The van der Waals surface area contributed by atoms with E-state index in [2.05, 4.69) is 24.2 Å². The number of benzene rings is 1. The lowest BCUT2D eigenvalue weighted by molar-refractivity contribution is -0.0404. The van der Waals surface area contributed by atoms with E-state index < -0.39 is 0 Å². The molecular weight excluding hydrogens is 271 g/mol. The van der Waals surface area contributed by atoms with Gasteiger partial charge < -0.3 is 19.7 Å². The van der Waals surface area contributed by atoms with Crippen molar-refractivity contribution in [1.29, 1.82) is 0 Å². The molecule has 1 saturated heterocycles. The van der Waals surface area contributed by atoms with Crippen LogP contribution in [-0.4, -0.2) is 50.9 Å². The summed E-state index contributed by atoms with van der Waals surface area (Å²) in [5.41, 5.74) is 0.854. The van der Waals surface area contributed by atoms with Crippen molar-refractivity contribution < 1.29 is 13.9 Å². The molecule has 0 aliphatic carbocycles. The van der Waals surface area contributed by atoms with Crippen LogP contribution in [0.25, 0.3) is 0 Å². The van der Waals surface area contributed by atoms with E-state index in [1.54, 1.807) is 6.07 Å². The highest BCUT2D eigenvalue weighted by molar-refractivity contribution is 5.34. The molecule has 0 amide bonds. The SMILES string of the molecule is CCCNCc1cc(F)ccc1OCC1CN(C)CCO1. The van der Waals surface area contributed by atoms with Gasteiger partial charge in [-0.2, -0.15) is 0 Å². The first kappa shape index (κ1) is 16.2. The van der Waals surface area contributed by atoms with Crippen molar-refractivity contribution in [1.82, 2.24) is 10.2 Å². The second-order valence-corrected chi connectivity index (χ2v) is 5.49. The molecule has 0 aromatic heterocycles. The number of nitrogens with one attached hydrogen (secondary N) is 1. The number of ether oxygens (including phenoxy) is 2. The number of morpholine rings is 1. The molecule has 4 nitrogen and oxygen atoms in total. The second-order valence-electron chi connectivity index (χ2n) is 5.49. The van der Waals surface area contributed by atoms with Crippen molar-refractivity contribution in [2.75, 3.05) is 39.9 Å². The minimum atomic E-state index is -0.232. The summed E-state index contributed by atoms with van der Waals surface area (Å²) in [7, 11) is 2.08. The number of rotatable bonds is 7. The third-order valence-electron chi connectivity index (χ3n) is 3.53. The Hall–Kier alpha value is -1.17. The third kappa shape index (κ3) is 5.26. The molecule has 5 heteroatoms. The van der Waals surface area contributed by atoms with Gasteiger partial charge in [0.2, 0.25) is 0 Å². The standard InChI is InChI=1S/C16H25FN2O2/c1-3-6-18-10-13-9-14(17)4-5-16(13)21-12-15-11-19(2)7-8-20-15/h4-5,9,15,18H,3,6-8,10-12H2,1-2H3. The first-order chi connectivity index (χ1) is 10.2. The zero-order valence-corrected chi connectivity index (χ0v) is 12.9. The summed E-state index contributed by atoms with van der Waals surface area (Å²) in [5, 5.41) is 3.28. The summed E-state index contributed by atoms with van der Waals surface area (Å²) in [5.74, 6) is 0.501. The van der Waals surface area contributed by atoms with Crippen LogP contribution in [-0.2, 0) is 11.3 Å². The lowest BCUT2D eigenvalue weighted by atomic mass is 10.2. The molecule has 21 heavy (non-hydrogen) atoms. The van der Waals surface area contributed by atoms with Crippen molar-refractivity contribution in [2.24, 2.45) is 0 Å². The van der Waals surface area contributed by atoms with Crippen LogP contribution < -0.4 is 10.1 Å². The van der Waals surface area contributed by atoms with Crippen molar-refractivity contribution in [3.8, 4) is 5.75 Å². The number of hydrogen-bond donors (Lipinski definition) is 1. The monoisotopic (exact) mass is 296 g/mol. The minimum absolute atomic E-state index is 0.0743. The molecule has 0 saturated carbocycles. The predicted octanol–water partition coefficient (Wildman–Crippen LogP) is 2.03.